The fourth-order valence-corrected chi connectivity index (χ4v) is 2.63. The lowest BCUT2D eigenvalue weighted by Crippen LogP contribution is -2.37. The summed E-state index contributed by atoms with van der Waals surface area (Å²) in [5, 5.41) is 12.1. The first-order valence-corrected chi connectivity index (χ1v) is 6.57. The minimum atomic E-state index is -0.892. The van der Waals surface area contributed by atoms with Gasteiger partial charge in [-0.25, -0.2) is 4.98 Å². The minimum Gasteiger partial charge on any atom is -0.481 e. The molecule has 0 atom stereocenters. The van der Waals surface area contributed by atoms with E-state index in [-0.39, 0.29) is 12.3 Å². The molecule has 1 aromatic heterocycles. The van der Waals surface area contributed by atoms with E-state index in [2.05, 4.69) is 10.3 Å². The molecule has 5 nitrogen and oxygen atoms in total. The van der Waals surface area contributed by atoms with Crippen molar-refractivity contribution in [3.8, 4) is 0 Å². The van der Waals surface area contributed by atoms with E-state index in [1.165, 1.54) is 0 Å². The molecule has 0 aliphatic heterocycles. The van der Waals surface area contributed by atoms with E-state index >= 15 is 0 Å². The Morgan fingerprint density at radius 1 is 1.26 bits per heavy atom. The smallest absolute Gasteiger partial charge is 0.310 e. The predicted octanol–water partition coefficient (Wildman–Crippen LogP) is 2.45. The Bertz CT molecular complexity index is 453. The van der Waals surface area contributed by atoms with E-state index in [4.69, 9.17) is 0 Å². The molecule has 19 heavy (non-hydrogen) atoms. The highest BCUT2D eigenvalue weighted by Crippen LogP contribution is 2.39. The number of hydrogen-bond acceptors (Lipinski definition) is 3. The molecule has 0 saturated heterocycles. The molecule has 1 aromatic rings. The molecular weight excluding hydrogens is 244 g/mol. The molecule has 1 aliphatic carbocycles. The molecule has 1 aliphatic rings. The van der Waals surface area contributed by atoms with E-state index in [0.29, 0.717) is 18.7 Å². The molecular formula is C14H18N2O3. The number of nitrogens with zero attached hydrogens (tertiary/aromatic N) is 1. The second-order valence-corrected chi connectivity index (χ2v) is 5.09. The Kier molecular flexibility index (Phi) is 4.14. The van der Waals surface area contributed by atoms with E-state index in [1.807, 2.05) is 0 Å². The lowest BCUT2D eigenvalue weighted by molar-refractivity contribution is -0.153. The average Bonchev–Trinajstić information content (AvgIpc) is 2.40. The van der Waals surface area contributed by atoms with Gasteiger partial charge in [-0.15, -0.1) is 0 Å². The molecule has 5 heteroatoms. The topological polar surface area (TPSA) is 79.3 Å². The molecule has 0 radical (unpaired) electrons. The van der Waals surface area contributed by atoms with Crippen molar-refractivity contribution in [3.05, 3.63) is 24.4 Å². The Morgan fingerprint density at radius 2 is 2.00 bits per heavy atom. The highest BCUT2D eigenvalue weighted by atomic mass is 16.4. The van der Waals surface area contributed by atoms with Crippen LogP contribution in [0.15, 0.2) is 24.4 Å². The van der Waals surface area contributed by atoms with Crippen LogP contribution >= 0.6 is 0 Å². The summed E-state index contributed by atoms with van der Waals surface area (Å²) in [5.74, 6) is -0.671. The zero-order valence-corrected chi connectivity index (χ0v) is 10.8. The van der Waals surface area contributed by atoms with E-state index in [0.717, 1.165) is 19.3 Å². The van der Waals surface area contributed by atoms with Crippen LogP contribution in [0.1, 0.15) is 38.5 Å². The van der Waals surface area contributed by atoms with Gasteiger partial charge < -0.3 is 10.4 Å². The number of carboxylic acids is 1. The van der Waals surface area contributed by atoms with Gasteiger partial charge in [-0.05, 0) is 25.0 Å². The summed E-state index contributed by atoms with van der Waals surface area (Å²) in [6.45, 7) is 0. The molecule has 0 unspecified atom stereocenters. The fraction of sp³-hybridized carbons (Fsp3) is 0.500. The Labute approximate surface area is 112 Å². The van der Waals surface area contributed by atoms with Gasteiger partial charge in [-0.1, -0.05) is 25.3 Å². The van der Waals surface area contributed by atoms with Crippen LogP contribution in [0.25, 0.3) is 0 Å². The number of nitrogens with one attached hydrogen (secondary N) is 1. The number of anilines is 1. The summed E-state index contributed by atoms with van der Waals surface area (Å²) in [6, 6.07) is 5.22. The number of carbonyl (C=O) groups excluding carboxylic acids is 1. The van der Waals surface area contributed by atoms with Crippen LogP contribution in [0.4, 0.5) is 5.82 Å². The second kappa shape index (κ2) is 5.82. The fourth-order valence-electron chi connectivity index (χ4n) is 2.63. The van der Waals surface area contributed by atoms with Crippen molar-refractivity contribution in [2.75, 3.05) is 5.32 Å². The van der Waals surface area contributed by atoms with Gasteiger partial charge in [-0.3, -0.25) is 9.59 Å². The maximum Gasteiger partial charge on any atom is 0.310 e. The maximum absolute atomic E-state index is 12.0. The van der Waals surface area contributed by atoms with Crippen LogP contribution in [-0.4, -0.2) is 22.0 Å². The van der Waals surface area contributed by atoms with E-state index < -0.39 is 11.4 Å². The number of amides is 1. The molecule has 1 fully saturated rings. The molecule has 1 amide bonds. The quantitative estimate of drug-likeness (QED) is 0.873. The van der Waals surface area contributed by atoms with Crippen LogP contribution < -0.4 is 5.32 Å². The molecule has 102 valence electrons. The number of hydrogen-bond donors (Lipinski definition) is 2. The molecule has 0 spiro atoms. The molecule has 1 saturated carbocycles. The van der Waals surface area contributed by atoms with Gasteiger partial charge in [0.2, 0.25) is 5.91 Å². The number of aromatic nitrogens is 1. The lowest BCUT2D eigenvalue weighted by atomic mass is 9.71. The monoisotopic (exact) mass is 262 g/mol. The van der Waals surface area contributed by atoms with Crippen molar-refractivity contribution in [2.45, 2.75) is 38.5 Å². The second-order valence-electron chi connectivity index (χ2n) is 5.09. The van der Waals surface area contributed by atoms with Crippen LogP contribution in [0.2, 0.25) is 0 Å². The maximum atomic E-state index is 12.0. The van der Waals surface area contributed by atoms with E-state index in [1.54, 1.807) is 24.4 Å². The van der Waals surface area contributed by atoms with Crippen molar-refractivity contribution >= 4 is 17.7 Å². The van der Waals surface area contributed by atoms with Gasteiger partial charge >= 0.3 is 5.97 Å². The van der Waals surface area contributed by atoms with E-state index in [9.17, 15) is 14.7 Å². The summed E-state index contributed by atoms with van der Waals surface area (Å²) in [6.07, 6.45) is 5.58. The van der Waals surface area contributed by atoms with Crippen LogP contribution in [0, 0.1) is 5.41 Å². The average molecular weight is 262 g/mol. The molecule has 2 N–H and O–H groups in total. The predicted molar refractivity (Wildman–Crippen MR) is 70.6 cm³/mol. The summed E-state index contributed by atoms with van der Waals surface area (Å²) < 4.78 is 0. The number of aliphatic carboxylic acids is 1. The van der Waals surface area contributed by atoms with Crippen molar-refractivity contribution in [3.63, 3.8) is 0 Å². The van der Waals surface area contributed by atoms with Gasteiger partial charge in [0.05, 0.1) is 5.41 Å². The largest absolute Gasteiger partial charge is 0.481 e. The Balaban J connectivity index is 2.01. The van der Waals surface area contributed by atoms with Gasteiger partial charge in [0.25, 0.3) is 0 Å². The standard InChI is InChI=1S/C14H18N2O3/c17-12(16-11-6-2-5-9-15-11)10-14(13(18)19)7-3-1-4-8-14/h2,5-6,9H,1,3-4,7-8,10H2,(H,18,19)(H,15,16,17). The van der Waals surface area contributed by atoms with Crippen molar-refractivity contribution in [2.24, 2.45) is 5.41 Å². The first-order valence-electron chi connectivity index (χ1n) is 6.57. The minimum absolute atomic E-state index is 0.0267. The summed E-state index contributed by atoms with van der Waals surface area (Å²) in [4.78, 5) is 27.4. The third-order valence-electron chi connectivity index (χ3n) is 3.70. The first-order chi connectivity index (χ1) is 9.12. The van der Waals surface area contributed by atoms with Crippen LogP contribution in [0.5, 0.6) is 0 Å². The van der Waals surface area contributed by atoms with Gasteiger partial charge in [0.1, 0.15) is 5.82 Å². The molecule has 1 heterocycles. The Hall–Kier alpha value is -1.91. The van der Waals surface area contributed by atoms with Gasteiger partial charge in [0.15, 0.2) is 0 Å². The van der Waals surface area contributed by atoms with Crippen molar-refractivity contribution in [1.82, 2.24) is 4.98 Å². The third kappa shape index (κ3) is 3.30. The zero-order chi connectivity index (χ0) is 13.7. The zero-order valence-electron chi connectivity index (χ0n) is 10.8. The molecule has 2 rings (SSSR count). The van der Waals surface area contributed by atoms with Crippen molar-refractivity contribution < 1.29 is 14.7 Å². The van der Waals surface area contributed by atoms with Gasteiger partial charge in [0, 0.05) is 12.6 Å². The first kappa shape index (κ1) is 13.5. The van der Waals surface area contributed by atoms with Crippen LogP contribution in [0.3, 0.4) is 0 Å². The van der Waals surface area contributed by atoms with Crippen molar-refractivity contribution in [1.29, 1.82) is 0 Å². The number of carboxylic acid groups (broad SMARTS) is 1. The van der Waals surface area contributed by atoms with Gasteiger partial charge in [-0.2, -0.15) is 0 Å². The number of carbonyl (C=O) groups is 2. The lowest BCUT2D eigenvalue weighted by Gasteiger charge is -2.32. The summed E-state index contributed by atoms with van der Waals surface area (Å²) >= 11 is 0. The number of pyridine rings is 1. The SMILES string of the molecule is O=C(CC1(C(=O)O)CCCCC1)Nc1ccccn1. The molecule has 0 aromatic carbocycles. The number of rotatable bonds is 4. The molecule has 0 bridgehead atoms. The highest BCUT2D eigenvalue weighted by Gasteiger charge is 2.41. The Morgan fingerprint density at radius 3 is 2.58 bits per heavy atom. The highest BCUT2D eigenvalue weighted by molar-refractivity contribution is 5.93. The summed E-state index contributed by atoms with van der Waals surface area (Å²) in [7, 11) is 0. The summed E-state index contributed by atoms with van der Waals surface area (Å²) in [5.41, 5.74) is -0.892. The normalized spacial score (nSPS) is 17.7. The third-order valence-corrected chi connectivity index (χ3v) is 3.70. The van der Waals surface area contributed by atoms with Crippen LogP contribution in [-0.2, 0) is 9.59 Å².